The molecule has 2 aromatic heterocycles. The number of nitrogens with zero attached hydrogens (tertiary/aromatic N) is 1. The van der Waals surface area contributed by atoms with Crippen LogP contribution in [-0.4, -0.2) is 4.98 Å². The van der Waals surface area contributed by atoms with Crippen molar-refractivity contribution in [1.82, 2.24) is 4.98 Å². The summed E-state index contributed by atoms with van der Waals surface area (Å²) in [4.78, 5) is 4.26. The van der Waals surface area contributed by atoms with Gasteiger partial charge in [-0.3, -0.25) is 0 Å². The van der Waals surface area contributed by atoms with E-state index in [0.29, 0.717) is 11.4 Å². The molecule has 0 unspecified atom stereocenters. The van der Waals surface area contributed by atoms with Crippen LogP contribution in [0.4, 0.5) is 5.82 Å². The molecule has 0 aliphatic rings. The van der Waals surface area contributed by atoms with Crippen molar-refractivity contribution in [3.63, 3.8) is 0 Å². The Bertz CT molecular complexity index is 613. The van der Waals surface area contributed by atoms with Crippen LogP contribution in [0.1, 0.15) is 0 Å². The topological polar surface area (TPSA) is 52.0 Å². The molecule has 14 heavy (non-hydrogen) atoms. The van der Waals surface area contributed by atoms with Gasteiger partial charge in [-0.15, -0.1) is 0 Å². The van der Waals surface area contributed by atoms with E-state index in [4.69, 9.17) is 10.2 Å². The van der Waals surface area contributed by atoms with Gasteiger partial charge in [-0.05, 0) is 12.1 Å². The van der Waals surface area contributed by atoms with E-state index in [1.54, 1.807) is 6.26 Å². The summed E-state index contributed by atoms with van der Waals surface area (Å²) in [5.74, 6) is 0.448. The van der Waals surface area contributed by atoms with E-state index < -0.39 is 0 Å². The van der Waals surface area contributed by atoms with Gasteiger partial charge in [-0.2, -0.15) is 0 Å². The number of hydrogen-bond acceptors (Lipinski definition) is 3. The van der Waals surface area contributed by atoms with Gasteiger partial charge in [-0.25, -0.2) is 4.98 Å². The lowest BCUT2D eigenvalue weighted by Crippen LogP contribution is -1.90. The maximum absolute atomic E-state index is 5.76. The lowest BCUT2D eigenvalue weighted by Gasteiger charge is -1.99. The third kappa shape index (κ3) is 0.836. The second-order valence-electron chi connectivity index (χ2n) is 3.18. The maximum atomic E-state index is 5.76. The fourth-order valence-electron chi connectivity index (χ4n) is 1.70. The minimum atomic E-state index is 0.448. The van der Waals surface area contributed by atoms with Crippen LogP contribution >= 0.6 is 0 Å². The number of benzene rings is 1. The van der Waals surface area contributed by atoms with Crippen molar-refractivity contribution in [2.45, 2.75) is 0 Å². The summed E-state index contributed by atoms with van der Waals surface area (Å²) in [6.45, 7) is 0. The highest BCUT2D eigenvalue weighted by atomic mass is 16.3. The largest absolute Gasteiger partial charge is 0.460 e. The van der Waals surface area contributed by atoms with Crippen LogP contribution in [-0.2, 0) is 0 Å². The lowest BCUT2D eigenvalue weighted by atomic mass is 10.1. The number of fused-ring (bicyclic) bond motifs is 3. The van der Waals surface area contributed by atoms with Crippen molar-refractivity contribution in [3.05, 3.63) is 36.6 Å². The van der Waals surface area contributed by atoms with Crippen LogP contribution in [0.5, 0.6) is 0 Å². The second-order valence-corrected chi connectivity index (χ2v) is 3.18. The molecular formula is C11H8N2O. The van der Waals surface area contributed by atoms with Gasteiger partial charge in [0.15, 0.2) is 11.4 Å². The zero-order valence-corrected chi connectivity index (χ0v) is 7.40. The highest BCUT2D eigenvalue weighted by Gasteiger charge is 2.07. The number of aromatic nitrogens is 1. The fraction of sp³-hybridized carbons (Fsp3) is 0. The van der Waals surface area contributed by atoms with E-state index in [-0.39, 0.29) is 0 Å². The maximum Gasteiger partial charge on any atom is 0.176 e. The highest BCUT2D eigenvalue weighted by Crippen LogP contribution is 2.27. The Morgan fingerprint density at radius 2 is 1.93 bits per heavy atom. The smallest absolute Gasteiger partial charge is 0.176 e. The molecule has 0 aliphatic heterocycles. The van der Waals surface area contributed by atoms with Crippen LogP contribution < -0.4 is 5.73 Å². The molecule has 0 atom stereocenters. The van der Waals surface area contributed by atoms with Gasteiger partial charge < -0.3 is 10.2 Å². The quantitative estimate of drug-likeness (QED) is 0.584. The molecule has 3 aromatic rings. The summed E-state index contributed by atoms with van der Waals surface area (Å²) in [6.07, 6.45) is 1.63. The number of rotatable bonds is 0. The summed E-state index contributed by atoms with van der Waals surface area (Å²) in [6, 6.07) is 9.79. The first-order chi connectivity index (χ1) is 6.86. The van der Waals surface area contributed by atoms with E-state index in [0.717, 1.165) is 16.3 Å². The predicted molar refractivity (Wildman–Crippen MR) is 55.9 cm³/mol. The van der Waals surface area contributed by atoms with E-state index in [9.17, 15) is 0 Å². The molecular weight excluding hydrogens is 176 g/mol. The Morgan fingerprint density at radius 3 is 2.86 bits per heavy atom. The van der Waals surface area contributed by atoms with Gasteiger partial charge in [0.05, 0.1) is 11.8 Å². The zero-order chi connectivity index (χ0) is 9.54. The molecule has 3 nitrogen and oxygen atoms in total. The van der Waals surface area contributed by atoms with E-state index in [1.165, 1.54) is 0 Å². The lowest BCUT2D eigenvalue weighted by molar-refractivity contribution is 0.616. The van der Waals surface area contributed by atoms with Crippen molar-refractivity contribution in [2.24, 2.45) is 0 Å². The first-order valence-corrected chi connectivity index (χ1v) is 4.38. The van der Waals surface area contributed by atoms with Crippen molar-refractivity contribution in [1.29, 1.82) is 0 Å². The molecule has 1 aromatic carbocycles. The van der Waals surface area contributed by atoms with Crippen molar-refractivity contribution >= 4 is 27.7 Å². The van der Waals surface area contributed by atoms with Gasteiger partial charge in [0.25, 0.3) is 0 Å². The van der Waals surface area contributed by atoms with Gasteiger partial charge in [0.2, 0.25) is 0 Å². The molecule has 3 rings (SSSR count). The molecule has 3 heteroatoms. The molecule has 0 saturated carbocycles. The number of nitrogen functional groups attached to an aromatic ring is 1. The molecule has 68 valence electrons. The summed E-state index contributed by atoms with van der Waals surface area (Å²) < 4.78 is 5.27. The number of para-hydroxylation sites is 1. The predicted octanol–water partition coefficient (Wildman–Crippen LogP) is 2.56. The monoisotopic (exact) mass is 184 g/mol. The average Bonchev–Trinajstić information content (AvgIpc) is 2.67. The SMILES string of the molecule is Nc1nc2ccccc2c2ccoc12. The Balaban J connectivity index is 2.66. The molecule has 2 heterocycles. The zero-order valence-electron chi connectivity index (χ0n) is 7.40. The summed E-state index contributed by atoms with van der Waals surface area (Å²) in [7, 11) is 0. The van der Waals surface area contributed by atoms with Crippen LogP contribution in [0.3, 0.4) is 0 Å². The summed E-state index contributed by atoms with van der Waals surface area (Å²) in [5.41, 5.74) is 7.33. The molecule has 0 bridgehead atoms. The number of anilines is 1. The number of furan rings is 1. The third-order valence-corrected chi connectivity index (χ3v) is 2.33. The number of pyridine rings is 1. The molecule has 0 saturated heterocycles. The minimum absolute atomic E-state index is 0.448. The highest BCUT2D eigenvalue weighted by molar-refractivity contribution is 6.07. The molecule has 0 spiro atoms. The molecule has 0 amide bonds. The Morgan fingerprint density at radius 1 is 1.07 bits per heavy atom. The van der Waals surface area contributed by atoms with Crippen LogP contribution in [0, 0.1) is 0 Å². The normalized spacial score (nSPS) is 11.1. The molecule has 2 N–H and O–H groups in total. The Labute approximate surface area is 80.1 Å². The van der Waals surface area contributed by atoms with Crippen LogP contribution in [0.15, 0.2) is 41.0 Å². The average molecular weight is 184 g/mol. The van der Waals surface area contributed by atoms with Crippen molar-refractivity contribution < 1.29 is 4.42 Å². The third-order valence-electron chi connectivity index (χ3n) is 2.33. The second kappa shape index (κ2) is 2.48. The Kier molecular flexibility index (Phi) is 1.31. The van der Waals surface area contributed by atoms with Gasteiger partial charge >= 0.3 is 0 Å². The van der Waals surface area contributed by atoms with E-state index in [2.05, 4.69) is 4.98 Å². The number of nitrogens with two attached hydrogens (primary N) is 1. The Hall–Kier alpha value is -2.03. The molecule has 0 radical (unpaired) electrons. The summed E-state index contributed by atoms with van der Waals surface area (Å²) >= 11 is 0. The van der Waals surface area contributed by atoms with Crippen molar-refractivity contribution in [3.8, 4) is 0 Å². The first kappa shape index (κ1) is 7.38. The van der Waals surface area contributed by atoms with E-state index in [1.807, 2.05) is 30.3 Å². The molecule has 0 aliphatic carbocycles. The van der Waals surface area contributed by atoms with Gasteiger partial charge in [0.1, 0.15) is 0 Å². The van der Waals surface area contributed by atoms with E-state index >= 15 is 0 Å². The number of hydrogen-bond donors (Lipinski definition) is 1. The van der Waals surface area contributed by atoms with Crippen molar-refractivity contribution in [2.75, 3.05) is 5.73 Å². The minimum Gasteiger partial charge on any atom is -0.460 e. The molecule has 0 fully saturated rings. The summed E-state index contributed by atoms with van der Waals surface area (Å²) in [5, 5.41) is 2.10. The van der Waals surface area contributed by atoms with Crippen LogP contribution in [0.25, 0.3) is 21.9 Å². The standard InChI is InChI=1S/C11H8N2O/c12-11-10-8(5-6-14-10)7-3-1-2-4-9(7)13-11/h1-6H,(H2,12,13). The van der Waals surface area contributed by atoms with Crippen LogP contribution in [0.2, 0.25) is 0 Å². The first-order valence-electron chi connectivity index (χ1n) is 4.38. The fourth-order valence-corrected chi connectivity index (χ4v) is 1.70. The van der Waals surface area contributed by atoms with Gasteiger partial charge in [-0.1, -0.05) is 18.2 Å². The van der Waals surface area contributed by atoms with Gasteiger partial charge in [0, 0.05) is 10.8 Å².